The monoisotopic (exact) mass is 372 g/mol. The van der Waals surface area contributed by atoms with Gasteiger partial charge in [0.05, 0.1) is 0 Å². The van der Waals surface area contributed by atoms with Crippen LogP contribution in [0.4, 0.5) is 0 Å². The van der Waals surface area contributed by atoms with Crippen molar-refractivity contribution >= 4 is 5.91 Å². The van der Waals surface area contributed by atoms with E-state index in [0.717, 1.165) is 43.6 Å². The van der Waals surface area contributed by atoms with Crippen molar-refractivity contribution in [3.8, 4) is 0 Å². The normalized spacial score (nSPS) is 20.9. The number of hydrogen-bond donors (Lipinski definition) is 1. The molecule has 0 aliphatic carbocycles. The summed E-state index contributed by atoms with van der Waals surface area (Å²) in [5.41, 5.74) is 1.06. The summed E-state index contributed by atoms with van der Waals surface area (Å²) in [6.45, 7) is 9.82. The molecule has 2 saturated heterocycles. The van der Waals surface area contributed by atoms with Crippen LogP contribution in [0.5, 0.6) is 0 Å². The molecule has 1 amide bonds. The maximum atomic E-state index is 12.5. The van der Waals surface area contributed by atoms with Crippen molar-refractivity contribution in [2.75, 3.05) is 26.2 Å². The number of likely N-dealkylation sites (tertiary alicyclic amines) is 2. The van der Waals surface area contributed by atoms with E-state index in [1.807, 2.05) is 18.3 Å². The molecule has 2 aliphatic heterocycles. The molecule has 0 atom stereocenters. The Bertz CT molecular complexity index is 559. The van der Waals surface area contributed by atoms with Gasteiger partial charge in [0.25, 0.3) is 0 Å². The first-order valence-electron chi connectivity index (χ1n) is 10.9. The lowest BCUT2D eigenvalue weighted by molar-refractivity contribution is -0.126. The van der Waals surface area contributed by atoms with Gasteiger partial charge in [0.1, 0.15) is 0 Å². The van der Waals surface area contributed by atoms with E-state index in [2.05, 4.69) is 33.9 Å². The summed E-state index contributed by atoms with van der Waals surface area (Å²) >= 11 is 0. The Labute approximate surface area is 164 Å². The van der Waals surface area contributed by atoms with Crippen molar-refractivity contribution < 1.29 is 4.79 Å². The molecule has 5 nitrogen and oxygen atoms in total. The van der Waals surface area contributed by atoms with Crippen LogP contribution in [0, 0.1) is 5.92 Å². The predicted octanol–water partition coefficient (Wildman–Crippen LogP) is 3.06. The van der Waals surface area contributed by atoms with Gasteiger partial charge < -0.3 is 15.1 Å². The molecule has 3 rings (SSSR count). The Morgan fingerprint density at radius 3 is 2.44 bits per heavy atom. The highest BCUT2D eigenvalue weighted by atomic mass is 16.1. The van der Waals surface area contributed by atoms with E-state index >= 15 is 0 Å². The van der Waals surface area contributed by atoms with Gasteiger partial charge in [-0.2, -0.15) is 0 Å². The molecule has 27 heavy (non-hydrogen) atoms. The van der Waals surface area contributed by atoms with Gasteiger partial charge in [-0.3, -0.25) is 9.78 Å². The molecule has 5 heteroatoms. The van der Waals surface area contributed by atoms with E-state index in [-0.39, 0.29) is 11.8 Å². The standard InChI is InChI=1S/C22H36N4O/c1-3-20(4-2)25-14-9-21(10-15-25)26-12-7-19(8-13-26)22(27)24-17-18-6-5-11-23-16-18/h5-6,11,16,19-21H,3-4,7-10,12-15,17H2,1-2H3,(H,24,27). The number of hydrogen-bond acceptors (Lipinski definition) is 4. The maximum Gasteiger partial charge on any atom is 0.223 e. The minimum atomic E-state index is 0.169. The Hall–Kier alpha value is -1.46. The minimum absolute atomic E-state index is 0.169. The fourth-order valence-electron chi connectivity index (χ4n) is 4.78. The van der Waals surface area contributed by atoms with Crippen molar-refractivity contribution in [1.29, 1.82) is 0 Å². The highest BCUT2D eigenvalue weighted by molar-refractivity contribution is 5.78. The number of carbonyl (C=O) groups is 1. The third-order valence-corrected chi connectivity index (χ3v) is 6.56. The minimum Gasteiger partial charge on any atom is -0.352 e. The van der Waals surface area contributed by atoms with Crippen LogP contribution in [0.25, 0.3) is 0 Å². The molecule has 0 bridgehead atoms. The van der Waals surface area contributed by atoms with Crippen molar-refractivity contribution in [2.24, 2.45) is 5.92 Å². The summed E-state index contributed by atoms with van der Waals surface area (Å²) in [6, 6.07) is 5.40. The van der Waals surface area contributed by atoms with Crippen LogP contribution in [0.3, 0.4) is 0 Å². The molecule has 1 N–H and O–H groups in total. The molecule has 0 spiro atoms. The van der Waals surface area contributed by atoms with Crippen LogP contribution in [0.1, 0.15) is 57.9 Å². The van der Waals surface area contributed by atoms with E-state index in [0.29, 0.717) is 6.54 Å². The molecule has 0 radical (unpaired) electrons. The highest BCUT2D eigenvalue weighted by Gasteiger charge is 2.31. The molecule has 0 aromatic carbocycles. The summed E-state index contributed by atoms with van der Waals surface area (Å²) in [7, 11) is 0. The van der Waals surface area contributed by atoms with Gasteiger partial charge in [0, 0.05) is 36.9 Å². The number of pyridine rings is 1. The highest BCUT2D eigenvalue weighted by Crippen LogP contribution is 2.25. The van der Waals surface area contributed by atoms with Gasteiger partial charge in [-0.1, -0.05) is 19.9 Å². The van der Waals surface area contributed by atoms with E-state index in [4.69, 9.17) is 0 Å². The van der Waals surface area contributed by atoms with E-state index in [1.165, 1.54) is 38.8 Å². The van der Waals surface area contributed by atoms with Crippen LogP contribution in [0.15, 0.2) is 24.5 Å². The summed E-state index contributed by atoms with van der Waals surface area (Å²) < 4.78 is 0. The van der Waals surface area contributed by atoms with Gasteiger partial charge >= 0.3 is 0 Å². The SMILES string of the molecule is CCC(CC)N1CCC(N2CCC(C(=O)NCc3cccnc3)CC2)CC1. The second-order valence-electron chi connectivity index (χ2n) is 8.13. The molecule has 150 valence electrons. The van der Waals surface area contributed by atoms with Crippen molar-refractivity contribution in [2.45, 2.75) is 71.0 Å². The van der Waals surface area contributed by atoms with Gasteiger partial charge in [-0.05, 0) is 76.3 Å². The Morgan fingerprint density at radius 2 is 1.85 bits per heavy atom. The Kier molecular flexibility index (Phi) is 7.65. The first-order chi connectivity index (χ1) is 13.2. The van der Waals surface area contributed by atoms with Crippen LogP contribution in [-0.4, -0.2) is 59.0 Å². The van der Waals surface area contributed by atoms with Gasteiger partial charge in [0.2, 0.25) is 5.91 Å². The third-order valence-electron chi connectivity index (χ3n) is 6.56. The number of rotatable bonds is 7. The van der Waals surface area contributed by atoms with E-state index in [1.54, 1.807) is 6.20 Å². The number of aromatic nitrogens is 1. The van der Waals surface area contributed by atoms with Gasteiger partial charge in [-0.15, -0.1) is 0 Å². The number of piperidine rings is 2. The van der Waals surface area contributed by atoms with Gasteiger partial charge in [-0.25, -0.2) is 0 Å². The molecule has 0 unspecified atom stereocenters. The van der Waals surface area contributed by atoms with E-state index in [9.17, 15) is 4.79 Å². The Balaban J connectivity index is 1.38. The van der Waals surface area contributed by atoms with Crippen molar-refractivity contribution in [3.05, 3.63) is 30.1 Å². The summed E-state index contributed by atoms with van der Waals surface area (Å²) in [5, 5.41) is 3.09. The zero-order valence-electron chi connectivity index (χ0n) is 17.1. The van der Waals surface area contributed by atoms with Crippen LogP contribution < -0.4 is 5.32 Å². The molecule has 1 aromatic rings. The van der Waals surface area contributed by atoms with E-state index < -0.39 is 0 Å². The smallest absolute Gasteiger partial charge is 0.223 e. The fraction of sp³-hybridized carbons (Fsp3) is 0.727. The number of nitrogens with one attached hydrogen (secondary N) is 1. The second-order valence-corrected chi connectivity index (χ2v) is 8.13. The molecule has 0 saturated carbocycles. The largest absolute Gasteiger partial charge is 0.352 e. The van der Waals surface area contributed by atoms with Gasteiger partial charge in [0.15, 0.2) is 0 Å². The van der Waals surface area contributed by atoms with Crippen molar-refractivity contribution in [1.82, 2.24) is 20.1 Å². The van der Waals surface area contributed by atoms with Crippen LogP contribution in [-0.2, 0) is 11.3 Å². The summed E-state index contributed by atoms with van der Waals surface area (Å²) in [5.74, 6) is 0.379. The topological polar surface area (TPSA) is 48.5 Å². The lowest BCUT2D eigenvalue weighted by Gasteiger charge is -2.43. The van der Waals surface area contributed by atoms with Crippen LogP contribution >= 0.6 is 0 Å². The number of nitrogens with zero attached hydrogens (tertiary/aromatic N) is 3. The zero-order valence-corrected chi connectivity index (χ0v) is 17.1. The molecular weight excluding hydrogens is 336 g/mol. The lowest BCUT2D eigenvalue weighted by atomic mass is 9.92. The molecule has 2 aliphatic rings. The average Bonchev–Trinajstić information content (AvgIpc) is 2.74. The number of carbonyl (C=O) groups excluding carboxylic acids is 1. The molecule has 3 heterocycles. The van der Waals surface area contributed by atoms with Crippen LogP contribution in [0.2, 0.25) is 0 Å². The quantitative estimate of drug-likeness (QED) is 0.799. The molecular formula is C22H36N4O. The second kappa shape index (κ2) is 10.2. The summed E-state index contributed by atoms with van der Waals surface area (Å²) in [6.07, 6.45) is 10.7. The summed E-state index contributed by atoms with van der Waals surface area (Å²) in [4.78, 5) is 21.9. The maximum absolute atomic E-state index is 12.5. The lowest BCUT2D eigenvalue weighted by Crippen LogP contribution is -2.50. The molecule has 1 aromatic heterocycles. The average molecular weight is 373 g/mol. The molecule has 2 fully saturated rings. The zero-order chi connectivity index (χ0) is 19.1. The number of amides is 1. The fourth-order valence-corrected chi connectivity index (χ4v) is 4.78. The first kappa shape index (κ1) is 20.3. The predicted molar refractivity (Wildman–Crippen MR) is 109 cm³/mol. The Morgan fingerprint density at radius 1 is 1.15 bits per heavy atom. The third kappa shape index (κ3) is 5.52. The van der Waals surface area contributed by atoms with Crippen molar-refractivity contribution in [3.63, 3.8) is 0 Å². The first-order valence-corrected chi connectivity index (χ1v) is 10.9.